The highest BCUT2D eigenvalue weighted by Gasteiger charge is 2.33. The van der Waals surface area contributed by atoms with E-state index in [0.29, 0.717) is 32.2 Å². The Kier molecular flexibility index (Phi) is 9.34. The van der Waals surface area contributed by atoms with E-state index in [9.17, 15) is 19.2 Å². The SMILES string of the molecule is C[C@H](NC(=O)c1c2n(c(=O)n1-c1ccc(OC3CC3)cc1)CCN(C(=O)c1ccc(Br)c(Cl)c1)C2)c1ccc(OC(C)(C)C(N)=O)cc1F. The summed E-state index contributed by atoms with van der Waals surface area (Å²) in [5.41, 5.74) is 4.83. The van der Waals surface area contributed by atoms with Gasteiger partial charge in [-0.05, 0) is 98.1 Å². The van der Waals surface area contributed by atoms with Crippen LogP contribution in [-0.4, -0.2) is 50.0 Å². The number of hydrogen-bond acceptors (Lipinski definition) is 6. The van der Waals surface area contributed by atoms with Crippen molar-refractivity contribution in [3.63, 3.8) is 0 Å². The largest absolute Gasteiger partial charge is 0.490 e. The molecule has 3 aromatic carbocycles. The van der Waals surface area contributed by atoms with Gasteiger partial charge in [-0.3, -0.25) is 23.5 Å². The van der Waals surface area contributed by atoms with Gasteiger partial charge in [-0.15, -0.1) is 0 Å². The highest BCUT2D eigenvalue weighted by Crippen LogP contribution is 2.30. The summed E-state index contributed by atoms with van der Waals surface area (Å²) in [5.74, 6) is -1.62. The number of imidazole rings is 1. The zero-order valence-electron chi connectivity index (χ0n) is 27.0. The molecule has 1 aliphatic heterocycles. The molecule has 14 heteroatoms. The second-order valence-corrected chi connectivity index (χ2v) is 13.8. The number of ether oxygens (including phenoxy) is 2. The van der Waals surface area contributed by atoms with Crippen LogP contribution in [0.15, 0.2) is 69.9 Å². The maximum Gasteiger partial charge on any atom is 0.333 e. The molecule has 2 heterocycles. The first-order valence-corrected chi connectivity index (χ1v) is 16.9. The molecule has 0 unspecified atom stereocenters. The second kappa shape index (κ2) is 13.4. The fourth-order valence-corrected chi connectivity index (χ4v) is 6.01. The van der Waals surface area contributed by atoms with Crippen LogP contribution in [0.2, 0.25) is 5.02 Å². The van der Waals surface area contributed by atoms with Gasteiger partial charge in [-0.1, -0.05) is 17.7 Å². The minimum atomic E-state index is -1.37. The standard InChI is InChI=1S/C35H34BrClFN5O6/c1-19(25-12-11-24(17-28(25)38)49-35(2,3)33(39)46)40-31(44)30-29-18-41(32(45)20-4-13-26(36)27(37)16-20)14-15-42(29)34(47)43(30)21-5-7-22(8-6-21)48-23-9-10-23/h4-8,11-13,16-17,19,23H,9-10,14-15,18H2,1-3H3,(H2,39,46)(H,40,44)/t19-/m0/s1. The van der Waals surface area contributed by atoms with Crippen molar-refractivity contribution in [2.24, 2.45) is 5.73 Å². The molecule has 6 rings (SSSR count). The molecular weight excluding hydrogens is 721 g/mol. The normalized spacial score (nSPS) is 14.9. The van der Waals surface area contributed by atoms with Crippen molar-refractivity contribution in [2.75, 3.05) is 6.54 Å². The number of nitrogens with two attached hydrogens (primary N) is 1. The number of hydrogen-bond donors (Lipinski definition) is 2. The van der Waals surface area contributed by atoms with Gasteiger partial charge < -0.3 is 25.4 Å². The third-order valence-corrected chi connectivity index (χ3v) is 9.75. The van der Waals surface area contributed by atoms with Crippen LogP contribution in [0.1, 0.15) is 71.8 Å². The molecule has 3 amide bonds. The number of aromatic nitrogens is 2. The number of amides is 3. The van der Waals surface area contributed by atoms with E-state index in [1.54, 1.807) is 54.3 Å². The number of halogens is 3. The van der Waals surface area contributed by atoms with Crippen LogP contribution >= 0.6 is 27.5 Å². The quantitative estimate of drug-likeness (QED) is 0.219. The molecule has 3 N–H and O–H groups in total. The fourth-order valence-electron chi connectivity index (χ4n) is 5.58. The molecular formula is C35H34BrClFN5O6. The van der Waals surface area contributed by atoms with E-state index in [4.69, 9.17) is 26.8 Å². The lowest BCUT2D eigenvalue weighted by Crippen LogP contribution is -2.43. The van der Waals surface area contributed by atoms with E-state index in [1.807, 2.05) is 0 Å². The Morgan fingerprint density at radius 1 is 1.04 bits per heavy atom. The molecule has 49 heavy (non-hydrogen) atoms. The molecule has 11 nitrogen and oxygen atoms in total. The molecule has 0 bridgehead atoms. The minimum Gasteiger partial charge on any atom is -0.490 e. The molecule has 256 valence electrons. The van der Waals surface area contributed by atoms with Crippen molar-refractivity contribution in [1.29, 1.82) is 0 Å². The first-order valence-electron chi connectivity index (χ1n) is 15.7. The van der Waals surface area contributed by atoms with Gasteiger partial charge >= 0.3 is 5.69 Å². The van der Waals surface area contributed by atoms with E-state index < -0.39 is 35.0 Å². The van der Waals surface area contributed by atoms with Gasteiger partial charge in [0.2, 0.25) is 0 Å². The average Bonchev–Trinajstić information content (AvgIpc) is 3.83. The van der Waals surface area contributed by atoms with Crippen molar-refractivity contribution in [3.8, 4) is 17.2 Å². The van der Waals surface area contributed by atoms with E-state index in [2.05, 4.69) is 21.2 Å². The Morgan fingerprint density at radius 2 is 1.73 bits per heavy atom. The summed E-state index contributed by atoms with van der Waals surface area (Å²) >= 11 is 9.60. The number of benzene rings is 3. The number of carbonyl (C=O) groups is 3. The molecule has 2 aliphatic rings. The van der Waals surface area contributed by atoms with Crippen molar-refractivity contribution < 1.29 is 28.2 Å². The number of carbonyl (C=O) groups excluding carboxylic acids is 3. The van der Waals surface area contributed by atoms with Crippen LogP contribution in [0, 0.1) is 5.82 Å². The summed E-state index contributed by atoms with van der Waals surface area (Å²) in [5, 5.41) is 3.20. The number of rotatable bonds is 10. The second-order valence-electron chi connectivity index (χ2n) is 12.6. The van der Waals surface area contributed by atoms with Gasteiger partial charge in [0, 0.05) is 34.8 Å². The van der Waals surface area contributed by atoms with Crippen LogP contribution in [-0.2, 0) is 17.9 Å². The third kappa shape index (κ3) is 7.09. The molecule has 4 aromatic rings. The van der Waals surface area contributed by atoms with Crippen LogP contribution in [0.4, 0.5) is 4.39 Å². The van der Waals surface area contributed by atoms with Crippen molar-refractivity contribution in [1.82, 2.24) is 19.4 Å². The minimum absolute atomic E-state index is 0.0163. The Hall–Kier alpha value is -4.62. The van der Waals surface area contributed by atoms with Crippen LogP contribution < -0.4 is 26.2 Å². The zero-order valence-corrected chi connectivity index (χ0v) is 29.3. The Bertz CT molecular complexity index is 2020. The lowest BCUT2D eigenvalue weighted by Gasteiger charge is -2.28. The predicted molar refractivity (Wildman–Crippen MR) is 184 cm³/mol. The highest BCUT2D eigenvalue weighted by atomic mass is 79.9. The zero-order chi connectivity index (χ0) is 35.2. The summed E-state index contributed by atoms with van der Waals surface area (Å²) in [6, 6.07) is 14.9. The maximum atomic E-state index is 15.4. The number of primary amides is 1. The molecule has 1 saturated carbocycles. The van der Waals surface area contributed by atoms with Gasteiger partial charge in [0.25, 0.3) is 17.7 Å². The summed E-state index contributed by atoms with van der Waals surface area (Å²) in [6.07, 6.45) is 2.15. The van der Waals surface area contributed by atoms with Gasteiger partial charge in [-0.2, -0.15) is 0 Å². The number of nitrogens with one attached hydrogen (secondary N) is 1. The average molecular weight is 755 g/mol. The van der Waals surface area contributed by atoms with E-state index in [1.165, 1.54) is 35.1 Å². The lowest BCUT2D eigenvalue weighted by molar-refractivity contribution is -0.130. The topological polar surface area (TPSA) is 138 Å². The van der Waals surface area contributed by atoms with E-state index in [0.717, 1.165) is 18.9 Å². The molecule has 1 fully saturated rings. The van der Waals surface area contributed by atoms with E-state index in [-0.39, 0.29) is 48.7 Å². The van der Waals surface area contributed by atoms with Crippen LogP contribution in [0.25, 0.3) is 5.69 Å². The molecule has 0 radical (unpaired) electrons. The predicted octanol–water partition coefficient (Wildman–Crippen LogP) is 5.52. The molecule has 0 saturated heterocycles. The van der Waals surface area contributed by atoms with Crippen molar-refractivity contribution in [2.45, 2.75) is 64.4 Å². The fraction of sp³-hybridized carbons (Fsp3) is 0.314. The molecule has 0 spiro atoms. The third-order valence-electron chi connectivity index (χ3n) is 8.52. The smallest absolute Gasteiger partial charge is 0.333 e. The van der Waals surface area contributed by atoms with Gasteiger partial charge in [0.05, 0.1) is 35.1 Å². The summed E-state index contributed by atoms with van der Waals surface area (Å²) in [7, 11) is 0. The Labute approximate surface area is 294 Å². The van der Waals surface area contributed by atoms with Crippen molar-refractivity contribution >= 4 is 45.3 Å². The number of fused-ring (bicyclic) bond motifs is 1. The first kappa shape index (κ1) is 34.3. The molecule has 1 atom stereocenters. The van der Waals surface area contributed by atoms with Gasteiger partial charge in [0.15, 0.2) is 5.60 Å². The monoisotopic (exact) mass is 753 g/mol. The van der Waals surface area contributed by atoms with Crippen LogP contribution in [0.5, 0.6) is 11.5 Å². The Morgan fingerprint density at radius 3 is 2.37 bits per heavy atom. The Balaban J connectivity index is 1.33. The maximum absolute atomic E-state index is 15.4. The lowest BCUT2D eigenvalue weighted by atomic mass is 10.1. The molecule has 1 aromatic heterocycles. The summed E-state index contributed by atoms with van der Waals surface area (Å²) in [6.45, 7) is 4.88. The number of nitrogens with zero attached hydrogens (tertiary/aromatic N) is 3. The summed E-state index contributed by atoms with van der Waals surface area (Å²) in [4.78, 5) is 54.9. The molecule has 1 aliphatic carbocycles. The summed E-state index contributed by atoms with van der Waals surface area (Å²) < 4.78 is 30.2. The van der Waals surface area contributed by atoms with Crippen molar-refractivity contribution in [3.05, 3.63) is 109 Å². The highest BCUT2D eigenvalue weighted by molar-refractivity contribution is 9.10. The van der Waals surface area contributed by atoms with Crippen LogP contribution in [0.3, 0.4) is 0 Å². The first-order chi connectivity index (χ1) is 23.2. The van der Waals surface area contributed by atoms with Gasteiger partial charge in [-0.25, -0.2) is 9.18 Å². The van der Waals surface area contributed by atoms with E-state index >= 15 is 4.39 Å². The van der Waals surface area contributed by atoms with Gasteiger partial charge in [0.1, 0.15) is 23.0 Å².